The zero-order chi connectivity index (χ0) is 41.5. The highest BCUT2D eigenvalue weighted by Gasteiger charge is 2.34. The van der Waals surface area contributed by atoms with Gasteiger partial charge in [-0.15, -0.1) is 0 Å². The van der Waals surface area contributed by atoms with Gasteiger partial charge in [0.05, 0.1) is 6.10 Å². The Balaban J connectivity index is 1.33. The second-order valence-electron chi connectivity index (χ2n) is 18.0. The van der Waals surface area contributed by atoms with Crippen molar-refractivity contribution in [1.82, 2.24) is 0 Å². The topological polar surface area (TPSA) is 35.5 Å². The minimum Gasteiger partial charge on any atom is -0.398 e. The van der Waals surface area contributed by atoms with E-state index < -0.39 is 8.24 Å². The maximum Gasteiger partial charge on any atom is 0.387 e. The molecule has 1 aromatic heterocycles. The third-order valence-corrected chi connectivity index (χ3v) is 15.0. The van der Waals surface area contributed by atoms with Crippen LogP contribution in [0.3, 0.4) is 0 Å². The Morgan fingerprint density at radius 2 is 0.823 bits per heavy atom. The fourth-order valence-electron chi connectivity index (χ4n) is 10.9. The van der Waals surface area contributed by atoms with Crippen molar-refractivity contribution >= 4 is 94.8 Å². The summed E-state index contributed by atoms with van der Waals surface area (Å²) in [4.78, 5) is 0. The van der Waals surface area contributed by atoms with Gasteiger partial charge in [-0.1, -0.05) is 173 Å². The second-order valence-corrected chi connectivity index (χ2v) is 19.0. The summed E-state index contributed by atoms with van der Waals surface area (Å²) in [7, 11) is -1.96. The Kier molecular flexibility index (Phi) is 8.99. The minimum absolute atomic E-state index is 0.000514. The predicted molar refractivity (Wildman–Crippen MR) is 264 cm³/mol. The van der Waals surface area contributed by atoms with Crippen LogP contribution >= 0.6 is 8.24 Å². The molecule has 1 aliphatic carbocycles. The van der Waals surface area contributed by atoms with Crippen LogP contribution in [0.15, 0.2) is 178 Å². The highest BCUT2D eigenvalue weighted by molar-refractivity contribution is 7.31. The molecule has 1 heterocycles. The first-order chi connectivity index (χ1) is 30.5. The monoisotopic (exact) mass is 822 g/mol. The van der Waals surface area contributed by atoms with E-state index in [0.29, 0.717) is 17.8 Å². The van der Waals surface area contributed by atoms with Crippen LogP contribution < -0.4 is 4.52 Å². The molecule has 302 valence electrons. The van der Waals surface area contributed by atoms with Crippen LogP contribution in [-0.4, -0.2) is 6.10 Å². The summed E-state index contributed by atoms with van der Waals surface area (Å²) in [5.41, 5.74) is 6.02. The summed E-state index contributed by atoms with van der Waals surface area (Å²) in [5.74, 6) is 1.43. The minimum atomic E-state index is -1.96. The van der Waals surface area contributed by atoms with E-state index in [1.54, 1.807) is 0 Å². The molecule has 0 unspecified atom stereocenters. The normalized spacial score (nSPS) is 17.1. The van der Waals surface area contributed by atoms with E-state index >= 15 is 0 Å². The third kappa shape index (κ3) is 6.05. The molecule has 0 radical (unpaired) electrons. The van der Waals surface area contributed by atoms with Gasteiger partial charge in [0.25, 0.3) is 0 Å². The first-order valence-corrected chi connectivity index (χ1v) is 23.3. The molecule has 0 saturated heterocycles. The lowest BCUT2D eigenvalue weighted by Gasteiger charge is -2.35. The largest absolute Gasteiger partial charge is 0.398 e. The molecule has 0 bridgehead atoms. The molecule has 62 heavy (non-hydrogen) atoms. The molecular weight excluding hydrogens is 776 g/mol. The van der Waals surface area contributed by atoms with Crippen LogP contribution in [0, 0.1) is 17.8 Å². The quantitative estimate of drug-likeness (QED) is 0.162. The second kappa shape index (κ2) is 14.9. The van der Waals surface area contributed by atoms with Gasteiger partial charge in [-0.3, -0.25) is 4.52 Å². The van der Waals surface area contributed by atoms with Gasteiger partial charge in [0.15, 0.2) is 11.2 Å². The molecule has 12 rings (SSSR count). The van der Waals surface area contributed by atoms with Crippen molar-refractivity contribution in [3.8, 4) is 22.3 Å². The van der Waals surface area contributed by atoms with E-state index in [9.17, 15) is 0 Å². The molecular formula is C58H47O3P. The molecule has 0 N–H and O–H groups in total. The first kappa shape index (κ1) is 37.4. The molecule has 1 aliphatic rings. The van der Waals surface area contributed by atoms with Gasteiger partial charge in [0.2, 0.25) is 0 Å². The Hall–Kier alpha value is -6.38. The highest BCUT2D eigenvalue weighted by atomic mass is 31.1. The van der Waals surface area contributed by atoms with E-state index in [0.717, 1.165) is 78.6 Å². The van der Waals surface area contributed by atoms with Crippen molar-refractivity contribution in [2.24, 2.45) is 17.8 Å². The number of hydrogen-bond donors (Lipinski definition) is 0. The van der Waals surface area contributed by atoms with Gasteiger partial charge in [0, 0.05) is 33.0 Å². The van der Waals surface area contributed by atoms with Crippen molar-refractivity contribution in [2.45, 2.75) is 46.1 Å². The Morgan fingerprint density at radius 1 is 0.468 bits per heavy atom. The first-order valence-electron chi connectivity index (χ1n) is 22.2. The van der Waals surface area contributed by atoms with Gasteiger partial charge in [-0.2, -0.15) is 0 Å². The van der Waals surface area contributed by atoms with Crippen LogP contribution in [-0.2, 0) is 0 Å². The molecule has 3 atom stereocenters. The standard InChI is InChI=1S/C58H47O3P/c1-35(2)43-29-28-36(3)30-52(43)59-62-60-57-50(53-44-22-10-4-16-37(44)31-38-17-5-11-23-45(38)53)33-41-20-8-14-26-48(41)55(57)56-49-27-15-9-21-42(49)34-51(58(56)61-62)54-46-24-12-6-18-39(46)32-40-19-7-13-25-47(40)54/h4-27,31-36,43,52H,28-30H2,1-3H3/t36-,43+,52-/m0/s1. The van der Waals surface area contributed by atoms with Crippen LogP contribution in [0.25, 0.3) is 109 Å². The zero-order valence-corrected chi connectivity index (χ0v) is 36.2. The van der Waals surface area contributed by atoms with Gasteiger partial charge in [0.1, 0.15) is 0 Å². The van der Waals surface area contributed by atoms with Crippen LogP contribution in [0.4, 0.5) is 0 Å². The van der Waals surface area contributed by atoms with E-state index in [2.05, 4.69) is 191 Å². The number of rotatable bonds is 5. The van der Waals surface area contributed by atoms with Crippen molar-refractivity contribution in [1.29, 1.82) is 0 Å². The van der Waals surface area contributed by atoms with E-state index in [1.165, 1.54) is 49.5 Å². The predicted octanol–water partition coefficient (Wildman–Crippen LogP) is 17.4. The molecule has 1 fully saturated rings. The Morgan fingerprint density at radius 3 is 1.21 bits per heavy atom. The van der Waals surface area contributed by atoms with Gasteiger partial charge >= 0.3 is 8.24 Å². The lowest BCUT2D eigenvalue weighted by atomic mass is 9.75. The van der Waals surface area contributed by atoms with Crippen molar-refractivity contribution < 1.29 is 12.9 Å². The average molecular weight is 823 g/mol. The van der Waals surface area contributed by atoms with Gasteiger partial charge < -0.3 is 8.39 Å². The average Bonchev–Trinajstić information content (AvgIpc) is 3.47. The lowest BCUT2D eigenvalue weighted by Crippen LogP contribution is -2.35. The van der Waals surface area contributed by atoms with E-state index in [4.69, 9.17) is 12.9 Å². The van der Waals surface area contributed by atoms with Gasteiger partial charge in [-0.25, -0.2) is 0 Å². The molecule has 4 heteroatoms. The summed E-state index contributed by atoms with van der Waals surface area (Å²) in [5, 5.41) is 16.1. The summed E-state index contributed by atoms with van der Waals surface area (Å²) in [6, 6.07) is 62.0. The number of benzene rings is 10. The molecule has 3 nitrogen and oxygen atoms in total. The third-order valence-electron chi connectivity index (χ3n) is 13.8. The van der Waals surface area contributed by atoms with E-state index in [1.807, 2.05) is 0 Å². The molecule has 1 saturated carbocycles. The van der Waals surface area contributed by atoms with Crippen LogP contribution in [0.5, 0.6) is 0 Å². The SMILES string of the molecule is CC(C)[C@H]1CC[C@H](C)C[C@@H]1Op1oc2c(-c3c4ccccc4cc4ccccc34)cc3ccccc3c2c2c(o1)c(-c1c3ccccc3cc3ccccc13)cc1ccccc12. The summed E-state index contributed by atoms with van der Waals surface area (Å²) < 4.78 is 22.7. The number of hydrogen-bond acceptors (Lipinski definition) is 3. The van der Waals surface area contributed by atoms with Crippen molar-refractivity contribution in [3.05, 3.63) is 170 Å². The fourth-order valence-corrected chi connectivity index (χ4v) is 12.1. The zero-order valence-electron chi connectivity index (χ0n) is 35.3. The Labute approximate surface area is 362 Å². The fraction of sp³-hybridized carbons (Fsp3) is 0.172. The number of fused-ring (bicyclic) bond motifs is 11. The maximum atomic E-state index is 7.63. The lowest BCUT2D eigenvalue weighted by molar-refractivity contribution is 0.0746. The summed E-state index contributed by atoms with van der Waals surface area (Å²) in [6.07, 6.45) is 3.32. The molecule has 11 aromatic rings. The molecule has 0 amide bonds. The maximum absolute atomic E-state index is 7.63. The smallest absolute Gasteiger partial charge is 0.387 e. The van der Waals surface area contributed by atoms with Crippen LogP contribution in [0.2, 0.25) is 0 Å². The summed E-state index contributed by atoms with van der Waals surface area (Å²) in [6.45, 7) is 7.05. The van der Waals surface area contributed by atoms with Crippen molar-refractivity contribution in [2.75, 3.05) is 0 Å². The molecule has 10 aromatic carbocycles. The van der Waals surface area contributed by atoms with Gasteiger partial charge in [-0.05, 0) is 119 Å². The molecule has 0 spiro atoms. The van der Waals surface area contributed by atoms with E-state index in [-0.39, 0.29) is 6.10 Å². The Bertz CT molecular complexity index is 3290. The van der Waals surface area contributed by atoms with Crippen LogP contribution in [0.1, 0.15) is 40.0 Å². The summed E-state index contributed by atoms with van der Waals surface area (Å²) >= 11 is 0. The van der Waals surface area contributed by atoms with Crippen molar-refractivity contribution in [3.63, 3.8) is 0 Å². The molecule has 0 aliphatic heterocycles. The highest BCUT2D eigenvalue weighted by Crippen LogP contribution is 2.51.